The minimum absolute atomic E-state index is 0.0544. The van der Waals surface area contributed by atoms with E-state index in [1.54, 1.807) is 17.9 Å². The molecule has 0 N–H and O–H groups in total. The molecule has 3 heteroatoms. The molecule has 1 saturated heterocycles. The number of piperazine rings is 1. The Bertz CT molecular complexity index is 411. The van der Waals surface area contributed by atoms with Crippen LogP contribution in [0.1, 0.15) is 40.5 Å². The van der Waals surface area contributed by atoms with Crippen molar-refractivity contribution < 1.29 is 4.79 Å². The maximum absolute atomic E-state index is 11.8. The van der Waals surface area contributed by atoms with E-state index in [1.807, 2.05) is 6.08 Å². The summed E-state index contributed by atoms with van der Waals surface area (Å²) >= 11 is 0. The van der Waals surface area contributed by atoms with Crippen molar-refractivity contribution in [1.82, 2.24) is 9.80 Å². The number of hydrogen-bond donors (Lipinski definition) is 0. The first-order valence-corrected chi connectivity index (χ1v) is 7.49. The van der Waals surface area contributed by atoms with E-state index in [0.717, 1.165) is 24.5 Å². The summed E-state index contributed by atoms with van der Waals surface area (Å²) in [5.74, 6) is 0.691. The van der Waals surface area contributed by atoms with Crippen LogP contribution in [0.5, 0.6) is 0 Å². The maximum atomic E-state index is 11.8. The number of carbonyl (C=O) groups is 1. The lowest BCUT2D eigenvalue weighted by atomic mass is 10.0. The summed E-state index contributed by atoms with van der Waals surface area (Å²) in [5.41, 5.74) is 1.82. The lowest BCUT2D eigenvalue weighted by Gasteiger charge is -2.44. The van der Waals surface area contributed by atoms with Gasteiger partial charge < -0.3 is 9.80 Å². The number of nitrogens with zero attached hydrogens (tertiary/aromatic N) is 2. The van der Waals surface area contributed by atoms with Gasteiger partial charge in [0.25, 0.3) is 0 Å². The molecule has 0 bridgehead atoms. The average Bonchev–Trinajstić information content (AvgIpc) is 2.33. The first-order valence-electron chi connectivity index (χ1n) is 7.49. The molecular formula is C17H28N2O. The normalized spacial score (nSPS) is 23.1. The summed E-state index contributed by atoms with van der Waals surface area (Å²) in [6.45, 7) is 17.9. The smallest absolute Gasteiger partial charge is 0.224 e. The van der Waals surface area contributed by atoms with E-state index in [-0.39, 0.29) is 11.9 Å². The molecule has 0 spiro atoms. The van der Waals surface area contributed by atoms with Crippen molar-refractivity contribution in [1.29, 1.82) is 0 Å². The van der Waals surface area contributed by atoms with Crippen LogP contribution >= 0.6 is 0 Å². The van der Waals surface area contributed by atoms with E-state index in [0.29, 0.717) is 5.92 Å². The van der Waals surface area contributed by atoms with E-state index < -0.39 is 0 Å². The van der Waals surface area contributed by atoms with Gasteiger partial charge in [-0.3, -0.25) is 4.79 Å². The fraction of sp³-hybridized carbons (Fsp3) is 0.588. The summed E-state index contributed by atoms with van der Waals surface area (Å²) in [6.07, 6.45) is 6.15. The molecule has 0 aromatic heterocycles. The summed E-state index contributed by atoms with van der Waals surface area (Å²) < 4.78 is 0. The minimum atomic E-state index is 0.0544. The Labute approximate surface area is 123 Å². The van der Waals surface area contributed by atoms with Gasteiger partial charge in [0.1, 0.15) is 0 Å². The molecule has 0 saturated carbocycles. The highest BCUT2D eigenvalue weighted by molar-refractivity contribution is 5.77. The largest absolute Gasteiger partial charge is 0.368 e. The maximum Gasteiger partial charge on any atom is 0.224 e. The number of carbonyl (C=O) groups excluding carboxylic acids is 1. The second kappa shape index (κ2) is 7.32. The van der Waals surface area contributed by atoms with Gasteiger partial charge >= 0.3 is 0 Å². The monoisotopic (exact) mass is 276 g/mol. The molecule has 0 aromatic carbocycles. The zero-order chi connectivity index (χ0) is 15.3. The lowest BCUT2D eigenvalue weighted by molar-refractivity contribution is -0.129. The van der Waals surface area contributed by atoms with Gasteiger partial charge in [0, 0.05) is 20.0 Å². The van der Waals surface area contributed by atoms with Gasteiger partial charge in [0.05, 0.1) is 17.4 Å². The Kier molecular flexibility index (Phi) is 6.05. The molecule has 112 valence electrons. The van der Waals surface area contributed by atoms with Crippen molar-refractivity contribution in [3.05, 3.63) is 36.7 Å². The molecule has 0 aliphatic carbocycles. The fourth-order valence-electron chi connectivity index (χ4n) is 3.02. The van der Waals surface area contributed by atoms with E-state index in [9.17, 15) is 4.79 Å². The van der Waals surface area contributed by atoms with E-state index in [4.69, 9.17) is 0 Å². The molecule has 0 unspecified atom stereocenters. The van der Waals surface area contributed by atoms with Gasteiger partial charge in [0.2, 0.25) is 5.91 Å². The van der Waals surface area contributed by atoms with E-state index in [1.165, 1.54) is 12.8 Å². The van der Waals surface area contributed by atoms with Crippen LogP contribution in [-0.4, -0.2) is 34.8 Å². The molecular weight excluding hydrogens is 248 g/mol. The molecule has 0 aromatic rings. The second-order valence-electron chi connectivity index (χ2n) is 5.77. The topological polar surface area (TPSA) is 23.6 Å². The highest BCUT2D eigenvalue weighted by atomic mass is 16.2. The van der Waals surface area contributed by atoms with Crippen molar-refractivity contribution >= 4 is 5.91 Å². The Morgan fingerprint density at radius 1 is 1.55 bits per heavy atom. The zero-order valence-electron chi connectivity index (χ0n) is 13.4. The van der Waals surface area contributed by atoms with Crippen LogP contribution < -0.4 is 0 Å². The minimum Gasteiger partial charge on any atom is -0.368 e. The number of amides is 1. The molecule has 2 atom stereocenters. The third-order valence-electron chi connectivity index (χ3n) is 3.78. The lowest BCUT2D eigenvalue weighted by Crippen LogP contribution is -2.51. The summed E-state index contributed by atoms with van der Waals surface area (Å²) in [6, 6.07) is 0.163. The van der Waals surface area contributed by atoms with E-state index in [2.05, 4.69) is 38.8 Å². The van der Waals surface area contributed by atoms with Crippen LogP contribution in [0.25, 0.3) is 0 Å². The Balaban J connectivity index is 2.96. The van der Waals surface area contributed by atoms with Crippen molar-refractivity contribution in [2.45, 2.75) is 46.6 Å². The number of rotatable bonds is 5. The van der Waals surface area contributed by atoms with Gasteiger partial charge in [-0.05, 0) is 25.3 Å². The van der Waals surface area contributed by atoms with E-state index >= 15 is 0 Å². The Hall–Kier alpha value is -1.51. The third kappa shape index (κ3) is 3.75. The highest BCUT2D eigenvalue weighted by Gasteiger charge is 2.31. The van der Waals surface area contributed by atoms with Crippen LogP contribution in [0.2, 0.25) is 0 Å². The van der Waals surface area contributed by atoms with Crippen LogP contribution in [0.3, 0.4) is 0 Å². The van der Waals surface area contributed by atoms with Crippen LogP contribution in [0, 0.1) is 5.92 Å². The molecule has 1 amide bonds. The molecule has 0 radical (unpaired) electrons. The van der Waals surface area contributed by atoms with Crippen LogP contribution in [0.4, 0.5) is 0 Å². The highest BCUT2D eigenvalue weighted by Crippen LogP contribution is 2.28. The predicted molar refractivity (Wildman–Crippen MR) is 85.0 cm³/mol. The van der Waals surface area contributed by atoms with Gasteiger partial charge in [0.15, 0.2) is 0 Å². The molecule has 1 heterocycles. The summed E-state index contributed by atoms with van der Waals surface area (Å²) in [5, 5.41) is 0. The molecule has 1 aliphatic heterocycles. The molecule has 1 rings (SSSR count). The molecule has 3 nitrogen and oxygen atoms in total. The standard InChI is InChI=1S/C17H28N2O/c1-7-9-13(3)11-18-12-14(4)19(16(6)20)15(5)17(18)10-8-2/h8,10,13-14H,2,5,7,9,11-12H2,1,3-4,6H3/b17-10+/t13-,14+/m1/s1. The second-order valence-corrected chi connectivity index (χ2v) is 5.77. The van der Waals surface area contributed by atoms with Crippen LogP contribution in [0.15, 0.2) is 36.7 Å². The molecule has 1 fully saturated rings. The third-order valence-corrected chi connectivity index (χ3v) is 3.78. The predicted octanol–water partition coefficient (Wildman–Crippen LogP) is 3.56. The van der Waals surface area contributed by atoms with Gasteiger partial charge in [-0.1, -0.05) is 39.5 Å². The van der Waals surface area contributed by atoms with Crippen molar-refractivity contribution in [2.24, 2.45) is 5.92 Å². The van der Waals surface area contributed by atoms with Crippen molar-refractivity contribution in [3.63, 3.8) is 0 Å². The summed E-state index contributed by atoms with van der Waals surface area (Å²) in [4.78, 5) is 15.9. The van der Waals surface area contributed by atoms with Crippen molar-refractivity contribution in [2.75, 3.05) is 13.1 Å². The summed E-state index contributed by atoms with van der Waals surface area (Å²) in [7, 11) is 0. The Morgan fingerprint density at radius 3 is 2.70 bits per heavy atom. The first-order chi connectivity index (χ1) is 9.42. The quantitative estimate of drug-likeness (QED) is 0.766. The molecule has 1 aliphatic rings. The first kappa shape index (κ1) is 16.5. The van der Waals surface area contributed by atoms with Gasteiger partial charge in [-0.25, -0.2) is 0 Å². The average molecular weight is 276 g/mol. The zero-order valence-corrected chi connectivity index (χ0v) is 13.4. The van der Waals surface area contributed by atoms with Gasteiger partial charge in [-0.2, -0.15) is 0 Å². The number of allylic oxidation sites excluding steroid dienone is 2. The SMILES string of the molecule is C=C/C=C1\C(=C)N(C(C)=O)[C@@H](C)CN1C[C@H](C)CCC. The number of hydrogen-bond acceptors (Lipinski definition) is 2. The Morgan fingerprint density at radius 2 is 2.20 bits per heavy atom. The van der Waals surface area contributed by atoms with Gasteiger partial charge in [-0.15, -0.1) is 0 Å². The van der Waals surface area contributed by atoms with Crippen molar-refractivity contribution in [3.8, 4) is 0 Å². The molecule has 20 heavy (non-hydrogen) atoms. The van der Waals surface area contributed by atoms with Crippen LogP contribution in [-0.2, 0) is 4.79 Å². The fourth-order valence-corrected chi connectivity index (χ4v) is 3.02.